The molecule has 0 atom stereocenters. The van der Waals surface area contributed by atoms with Crippen LogP contribution in [0.5, 0.6) is 0 Å². The maximum atomic E-state index is 12.4. The summed E-state index contributed by atoms with van der Waals surface area (Å²) in [6.45, 7) is 5.42. The van der Waals surface area contributed by atoms with E-state index in [2.05, 4.69) is 0 Å². The van der Waals surface area contributed by atoms with E-state index in [0.29, 0.717) is 12.0 Å². The molecule has 0 unspecified atom stereocenters. The van der Waals surface area contributed by atoms with Crippen molar-refractivity contribution in [3.05, 3.63) is 35.4 Å². The van der Waals surface area contributed by atoms with Gasteiger partial charge in [0.2, 0.25) is 0 Å². The lowest BCUT2D eigenvalue weighted by Gasteiger charge is -2.22. The molecule has 19 heavy (non-hydrogen) atoms. The van der Waals surface area contributed by atoms with Gasteiger partial charge in [-0.1, -0.05) is 12.1 Å². The van der Waals surface area contributed by atoms with E-state index in [9.17, 15) is 18.0 Å². The summed E-state index contributed by atoms with van der Waals surface area (Å²) in [5.41, 5.74) is -0.772. The van der Waals surface area contributed by atoms with Crippen molar-refractivity contribution in [2.45, 2.75) is 33.4 Å². The van der Waals surface area contributed by atoms with Gasteiger partial charge in [-0.15, -0.1) is 0 Å². The number of ether oxygens (including phenoxy) is 1. The molecule has 1 rings (SSSR count). The number of benzene rings is 1. The highest BCUT2D eigenvalue weighted by atomic mass is 19.4. The molecule has 0 N–H and O–H groups in total. The van der Waals surface area contributed by atoms with Crippen molar-refractivity contribution in [2.24, 2.45) is 5.41 Å². The van der Waals surface area contributed by atoms with Crippen molar-refractivity contribution < 1.29 is 22.7 Å². The highest BCUT2D eigenvalue weighted by molar-refractivity contribution is 5.76. The maximum Gasteiger partial charge on any atom is 0.416 e. The first-order chi connectivity index (χ1) is 8.66. The second-order valence-corrected chi connectivity index (χ2v) is 4.98. The topological polar surface area (TPSA) is 26.3 Å². The first-order valence-electron chi connectivity index (χ1n) is 6.00. The van der Waals surface area contributed by atoms with E-state index in [1.807, 2.05) is 0 Å². The van der Waals surface area contributed by atoms with Gasteiger partial charge in [0.1, 0.15) is 0 Å². The number of carbonyl (C=O) groups excluding carboxylic acids is 1. The van der Waals surface area contributed by atoms with Gasteiger partial charge in [0, 0.05) is 0 Å². The van der Waals surface area contributed by atoms with Crippen LogP contribution < -0.4 is 0 Å². The minimum atomic E-state index is -4.34. The fourth-order valence-electron chi connectivity index (χ4n) is 1.72. The van der Waals surface area contributed by atoms with Crippen LogP contribution >= 0.6 is 0 Å². The molecule has 0 aromatic heterocycles. The van der Waals surface area contributed by atoms with E-state index in [1.54, 1.807) is 20.8 Å². The molecule has 0 spiro atoms. The molecule has 0 aliphatic rings. The summed E-state index contributed by atoms with van der Waals surface area (Å²) in [4.78, 5) is 11.7. The van der Waals surface area contributed by atoms with Crippen LogP contribution in [0, 0.1) is 5.41 Å². The predicted octanol–water partition coefficient (Wildman–Crippen LogP) is 3.84. The van der Waals surface area contributed by atoms with Crippen molar-refractivity contribution in [2.75, 3.05) is 6.61 Å². The summed E-state index contributed by atoms with van der Waals surface area (Å²) < 4.78 is 42.2. The van der Waals surface area contributed by atoms with Crippen LogP contribution in [0.1, 0.15) is 31.9 Å². The predicted molar refractivity (Wildman–Crippen MR) is 65.6 cm³/mol. The molecule has 0 bridgehead atoms. The standard InChI is InChI=1S/C14H17F3O2/c1-4-19-12(18)13(2,3)9-10-5-7-11(8-6-10)14(15,16)17/h5-8H,4,9H2,1-3H3. The van der Waals surface area contributed by atoms with Crippen molar-refractivity contribution in [1.82, 2.24) is 0 Å². The Morgan fingerprint density at radius 2 is 1.68 bits per heavy atom. The van der Waals surface area contributed by atoms with Crippen molar-refractivity contribution >= 4 is 5.97 Å². The summed E-state index contributed by atoms with van der Waals surface area (Å²) in [5.74, 6) is -0.352. The number of esters is 1. The minimum Gasteiger partial charge on any atom is -0.466 e. The Hall–Kier alpha value is -1.52. The molecule has 5 heteroatoms. The lowest BCUT2D eigenvalue weighted by atomic mass is 9.85. The number of alkyl halides is 3. The maximum absolute atomic E-state index is 12.4. The van der Waals surface area contributed by atoms with Crippen LogP contribution in [0.25, 0.3) is 0 Å². The number of halogens is 3. The zero-order valence-corrected chi connectivity index (χ0v) is 11.2. The number of rotatable bonds is 4. The van der Waals surface area contributed by atoms with E-state index in [1.165, 1.54) is 12.1 Å². The van der Waals surface area contributed by atoms with Crippen LogP contribution in [0.3, 0.4) is 0 Å². The van der Waals surface area contributed by atoms with Crippen LogP contribution in [0.4, 0.5) is 13.2 Å². The lowest BCUT2D eigenvalue weighted by Crippen LogP contribution is -2.29. The van der Waals surface area contributed by atoms with Crippen LogP contribution in [0.15, 0.2) is 24.3 Å². The molecule has 0 radical (unpaired) electrons. The average Bonchev–Trinajstić information content (AvgIpc) is 2.28. The normalized spacial score (nSPS) is 12.3. The Morgan fingerprint density at radius 3 is 2.11 bits per heavy atom. The number of hydrogen-bond donors (Lipinski definition) is 0. The molecule has 2 nitrogen and oxygen atoms in total. The first-order valence-corrected chi connectivity index (χ1v) is 6.00. The van der Waals surface area contributed by atoms with E-state index >= 15 is 0 Å². The molecule has 0 fully saturated rings. The first kappa shape index (κ1) is 15.5. The zero-order valence-electron chi connectivity index (χ0n) is 11.2. The van der Waals surface area contributed by atoms with Crippen LogP contribution in [0.2, 0.25) is 0 Å². The Labute approximate surface area is 110 Å². The lowest BCUT2D eigenvalue weighted by molar-refractivity contribution is -0.153. The van der Waals surface area contributed by atoms with Gasteiger partial charge in [-0.25, -0.2) is 0 Å². The zero-order chi connectivity index (χ0) is 14.7. The van der Waals surface area contributed by atoms with Gasteiger partial charge in [0.25, 0.3) is 0 Å². The molecule has 1 aromatic rings. The molecule has 0 heterocycles. The molecule has 106 valence electrons. The van der Waals surface area contributed by atoms with E-state index in [-0.39, 0.29) is 12.6 Å². The Balaban J connectivity index is 2.80. The minimum absolute atomic E-state index is 0.287. The molecule has 0 saturated heterocycles. The molecule has 0 aliphatic carbocycles. The fourth-order valence-corrected chi connectivity index (χ4v) is 1.72. The third kappa shape index (κ3) is 4.26. The highest BCUT2D eigenvalue weighted by Crippen LogP contribution is 2.30. The summed E-state index contributed by atoms with van der Waals surface area (Å²) in [7, 11) is 0. The quantitative estimate of drug-likeness (QED) is 0.780. The molecular weight excluding hydrogens is 257 g/mol. The SMILES string of the molecule is CCOC(=O)C(C)(C)Cc1ccc(C(F)(F)F)cc1. The summed E-state index contributed by atoms with van der Waals surface area (Å²) in [5, 5.41) is 0. The van der Waals surface area contributed by atoms with Crippen molar-refractivity contribution in [3.8, 4) is 0 Å². The molecule has 0 saturated carbocycles. The van der Waals surface area contributed by atoms with E-state index < -0.39 is 17.2 Å². The summed E-state index contributed by atoms with van der Waals surface area (Å²) in [6.07, 6.45) is -4.00. The average molecular weight is 274 g/mol. The van der Waals surface area contributed by atoms with Gasteiger partial charge >= 0.3 is 12.1 Å². The number of carbonyl (C=O) groups is 1. The second kappa shape index (κ2) is 5.63. The van der Waals surface area contributed by atoms with Gasteiger partial charge < -0.3 is 4.74 Å². The second-order valence-electron chi connectivity index (χ2n) is 4.98. The molecule has 0 amide bonds. The monoisotopic (exact) mass is 274 g/mol. The van der Waals surface area contributed by atoms with Crippen molar-refractivity contribution in [1.29, 1.82) is 0 Å². The van der Waals surface area contributed by atoms with Crippen LogP contribution in [-0.2, 0) is 22.1 Å². The molecule has 0 aliphatic heterocycles. The molecule has 1 aromatic carbocycles. The summed E-state index contributed by atoms with van der Waals surface area (Å²) in [6, 6.07) is 4.83. The Morgan fingerprint density at radius 1 is 1.16 bits per heavy atom. The highest BCUT2D eigenvalue weighted by Gasteiger charge is 2.32. The van der Waals surface area contributed by atoms with E-state index in [4.69, 9.17) is 4.74 Å². The Kier molecular flexibility index (Phi) is 4.61. The van der Waals surface area contributed by atoms with Gasteiger partial charge in [-0.3, -0.25) is 4.79 Å². The van der Waals surface area contributed by atoms with Crippen molar-refractivity contribution in [3.63, 3.8) is 0 Å². The third-order valence-corrected chi connectivity index (χ3v) is 2.76. The van der Waals surface area contributed by atoms with E-state index in [0.717, 1.165) is 12.1 Å². The number of hydrogen-bond acceptors (Lipinski definition) is 2. The smallest absolute Gasteiger partial charge is 0.416 e. The van der Waals surface area contributed by atoms with Gasteiger partial charge in [-0.2, -0.15) is 13.2 Å². The third-order valence-electron chi connectivity index (χ3n) is 2.76. The Bertz CT molecular complexity index is 433. The fraction of sp³-hybridized carbons (Fsp3) is 0.500. The largest absolute Gasteiger partial charge is 0.466 e. The van der Waals surface area contributed by atoms with Gasteiger partial charge in [-0.05, 0) is 44.9 Å². The molecular formula is C14H17F3O2. The van der Waals surface area contributed by atoms with Gasteiger partial charge in [0.05, 0.1) is 17.6 Å². The van der Waals surface area contributed by atoms with Gasteiger partial charge in [0.15, 0.2) is 0 Å². The summed E-state index contributed by atoms with van der Waals surface area (Å²) >= 11 is 0. The van der Waals surface area contributed by atoms with Crippen LogP contribution in [-0.4, -0.2) is 12.6 Å².